The minimum absolute atomic E-state index is 0.0268. The summed E-state index contributed by atoms with van der Waals surface area (Å²) in [7, 11) is 0. The highest BCUT2D eigenvalue weighted by Gasteiger charge is 2.44. The molecular formula is C28H38N4O4. The van der Waals surface area contributed by atoms with Gasteiger partial charge in [-0.1, -0.05) is 24.3 Å². The molecule has 4 heterocycles. The van der Waals surface area contributed by atoms with Gasteiger partial charge in [-0.2, -0.15) is 0 Å². The number of hydrogen-bond donors (Lipinski definition) is 0. The maximum Gasteiger partial charge on any atom is 0.409 e. The molecule has 194 valence electrons. The summed E-state index contributed by atoms with van der Waals surface area (Å²) in [6, 6.07) is 8.64. The Balaban J connectivity index is 1.24. The van der Waals surface area contributed by atoms with Gasteiger partial charge in [0.05, 0.1) is 6.61 Å². The van der Waals surface area contributed by atoms with E-state index in [2.05, 4.69) is 34.1 Å². The van der Waals surface area contributed by atoms with Crippen molar-refractivity contribution in [2.45, 2.75) is 58.4 Å². The third-order valence-electron chi connectivity index (χ3n) is 8.31. The van der Waals surface area contributed by atoms with Crippen LogP contribution in [0.3, 0.4) is 0 Å². The van der Waals surface area contributed by atoms with Gasteiger partial charge in [-0.3, -0.25) is 4.79 Å². The van der Waals surface area contributed by atoms with Crippen molar-refractivity contribution in [1.29, 1.82) is 0 Å². The summed E-state index contributed by atoms with van der Waals surface area (Å²) in [6.45, 7) is 11.9. The Labute approximate surface area is 213 Å². The Morgan fingerprint density at radius 2 is 1.81 bits per heavy atom. The topological polar surface area (TPSA) is 79.1 Å². The molecule has 3 aliphatic heterocycles. The number of oxazole rings is 1. The summed E-state index contributed by atoms with van der Waals surface area (Å²) in [6.07, 6.45) is 3.95. The molecule has 0 N–H and O–H groups in total. The average molecular weight is 495 g/mol. The standard InChI is InChI=1S/C28H38N4O4/c1-4-35-27(34)31-13-9-22(10-14-31)17-30-15-11-28(12-16-30)19-32(18-23-7-5-6-8-24(23)28)26(33)25-20(2)36-21(3)29-25/h5-8,22H,4,9-19H2,1-3H3. The maximum absolute atomic E-state index is 13.5. The number of piperidine rings is 2. The molecule has 0 atom stereocenters. The van der Waals surface area contributed by atoms with Gasteiger partial charge in [0.2, 0.25) is 0 Å². The van der Waals surface area contributed by atoms with Crippen molar-refractivity contribution >= 4 is 12.0 Å². The number of hydrogen-bond acceptors (Lipinski definition) is 6. The van der Waals surface area contributed by atoms with Crippen LogP contribution in [0.1, 0.15) is 65.9 Å². The van der Waals surface area contributed by atoms with Gasteiger partial charge in [0.25, 0.3) is 5.91 Å². The number of benzene rings is 1. The van der Waals surface area contributed by atoms with Crippen LogP contribution in [0.5, 0.6) is 0 Å². The van der Waals surface area contributed by atoms with Crippen molar-refractivity contribution in [3.8, 4) is 0 Å². The summed E-state index contributed by atoms with van der Waals surface area (Å²) in [4.78, 5) is 36.3. The molecule has 8 nitrogen and oxygen atoms in total. The van der Waals surface area contributed by atoms with E-state index in [9.17, 15) is 9.59 Å². The van der Waals surface area contributed by atoms with Crippen LogP contribution < -0.4 is 0 Å². The molecular weight excluding hydrogens is 456 g/mol. The van der Waals surface area contributed by atoms with Gasteiger partial charge in [0.15, 0.2) is 11.6 Å². The molecule has 0 bridgehead atoms. The van der Waals surface area contributed by atoms with Crippen molar-refractivity contribution in [2.24, 2.45) is 5.92 Å². The zero-order chi connectivity index (χ0) is 25.3. The number of ether oxygens (including phenoxy) is 1. The third kappa shape index (κ3) is 4.88. The van der Waals surface area contributed by atoms with Crippen LogP contribution in [0, 0.1) is 19.8 Å². The van der Waals surface area contributed by atoms with E-state index < -0.39 is 0 Å². The van der Waals surface area contributed by atoms with E-state index in [-0.39, 0.29) is 17.4 Å². The lowest BCUT2D eigenvalue weighted by Gasteiger charge is -2.49. The second-order valence-electron chi connectivity index (χ2n) is 10.7. The van der Waals surface area contributed by atoms with Crippen molar-refractivity contribution in [3.05, 3.63) is 52.7 Å². The lowest BCUT2D eigenvalue weighted by Crippen LogP contribution is -2.54. The molecule has 0 unspecified atom stereocenters. The van der Waals surface area contributed by atoms with E-state index in [1.165, 1.54) is 11.1 Å². The highest BCUT2D eigenvalue weighted by molar-refractivity contribution is 5.93. The van der Waals surface area contributed by atoms with Gasteiger partial charge >= 0.3 is 6.09 Å². The molecule has 2 aromatic rings. The first kappa shape index (κ1) is 24.8. The number of amides is 2. The Hall–Kier alpha value is -2.87. The molecule has 2 saturated heterocycles. The highest BCUT2D eigenvalue weighted by Crippen LogP contribution is 2.42. The smallest absolute Gasteiger partial charge is 0.409 e. The van der Waals surface area contributed by atoms with Crippen LogP contribution in [0.25, 0.3) is 0 Å². The summed E-state index contributed by atoms with van der Waals surface area (Å²) >= 11 is 0. The van der Waals surface area contributed by atoms with E-state index in [0.717, 1.165) is 65.0 Å². The van der Waals surface area contributed by atoms with Crippen LogP contribution in [0.15, 0.2) is 28.7 Å². The quantitative estimate of drug-likeness (QED) is 0.635. The number of carbonyl (C=O) groups excluding carboxylic acids is 2. The summed E-state index contributed by atoms with van der Waals surface area (Å²) in [5.41, 5.74) is 3.06. The Morgan fingerprint density at radius 3 is 2.47 bits per heavy atom. The van der Waals surface area contributed by atoms with Crippen molar-refractivity contribution in [3.63, 3.8) is 0 Å². The van der Waals surface area contributed by atoms with E-state index >= 15 is 0 Å². The molecule has 1 aromatic carbocycles. The lowest BCUT2D eigenvalue weighted by molar-refractivity contribution is 0.0529. The number of fused-ring (bicyclic) bond motifs is 2. The molecule has 0 saturated carbocycles. The molecule has 0 radical (unpaired) electrons. The van der Waals surface area contributed by atoms with Gasteiger partial charge in [0, 0.05) is 45.1 Å². The van der Waals surface area contributed by atoms with Crippen molar-refractivity contribution in [2.75, 3.05) is 45.9 Å². The predicted molar refractivity (Wildman–Crippen MR) is 136 cm³/mol. The van der Waals surface area contributed by atoms with E-state index in [1.807, 2.05) is 23.6 Å². The number of carbonyl (C=O) groups is 2. The monoisotopic (exact) mass is 494 g/mol. The minimum Gasteiger partial charge on any atom is -0.450 e. The number of aromatic nitrogens is 1. The number of rotatable bonds is 4. The first-order valence-corrected chi connectivity index (χ1v) is 13.3. The lowest BCUT2D eigenvalue weighted by atomic mass is 9.68. The SMILES string of the molecule is CCOC(=O)N1CCC(CN2CCC3(CC2)CN(C(=O)c2nc(C)oc2C)Cc2ccccc23)CC1. The molecule has 5 rings (SSSR count). The summed E-state index contributed by atoms with van der Waals surface area (Å²) < 4.78 is 10.7. The maximum atomic E-state index is 13.5. The van der Waals surface area contributed by atoms with Gasteiger partial charge in [0.1, 0.15) is 5.76 Å². The highest BCUT2D eigenvalue weighted by atomic mass is 16.6. The second kappa shape index (κ2) is 10.2. The minimum atomic E-state index is -0.179. The Kier molecular flexibility index (Phi) is 7.06. The fourth-order valence-electron chi connectivity index (χ4n) is 6.38. The molecule has 36 heavy (non-hydrogen) atoms. The zero-order valence-electron chi connectivity index (χ0n) is 21.8. The van der Waals surface area contributed by atoms with Gasteiger partial charge in [-0.15, -0.1) is 0 Å². The van der Waals surface area contributed by atoms with Gasteiger partial charge < -0.3 is 23.9 Å². The molecule has 3 aliphatic rings. The van der Waals surface area contributed by atoms with E-state index in [0.29, 0.717) is 36.4 Å². The van der Waals surface area contributed by atoms with Crippen LogP contribution in [-0.4, -0.2) is 77.6 Å². The molecule has 1 aromatic heterocycles. The van der Waals surface area contributed by atoms with E-state index in [4.69, 9.17) is 9.15 Å². The van der Waals surface area contributed by atoms with Crippen LogP contribution in [0.4, 0.5) is 4.79 Å². The molecule has 1 spiro atoms. The first-order chi connectivity index (χ1) is 17.4. The average Bonchev–Trinajstić information content (AvgIpc) is 3.23. The number of likely N-dealkylation sites (tertiary alicyclic amines) is 2. The Morgan fingerprint density at radius 1 is 1.08 bits per heavy atom. The summed E-state index contributed by atoms with van der Waals surface area (Å²) in [5.74, 6) is 1.70. The number of aryl methyl sites for hydroxylation is 2. The van der Waals surface area contributed by atoms with Crippen LogP contribution in [0.2, 0.25) is 0 Å². The fraction of sp³-hybridized carbons (Fsp3) is 0.607. The predicted octanol–water partition coefficient (Wildman–Crippen LogP) is 4.15. The molecule has 8 heteroatoms. The van der Waals surface area contributed by atoms with E-state index in [1.54, 1.807) is 6.92 Å². The fourth-order valence-corrected chi connectivity index (χ4v) is 6.38. The second-order valence-corrected chi connectivity index (χ2v) is 10.7. The molecule has 2 fully saturated rings. The van der Waals surface area contributed by atoms with Crippen LogP contribution >= 0.6 is 0 Å². The zero-order valence-corrected chi connectivity index (χ0v) is 21.8. The largest absolute Gasteiger partial charge is 0.450 e. The first-order valence-electron chi connectivity index (χ1n) is 13.3. The normalized spacial score (nSPS) is 20.4. The van der Waals surface area contributed by atoms with Gasteiger partial charge in [-0.25, -0.2) is 9.78 Å². The molecule has 2 amide bonds. The Bertz CT molecular complexity index is 1100. The molecule has 0 aliphatic carbocycles. The third-order valence-corrected chi connectivity index (χ3v) is 8.31. The van der Waals surface area contributed by atoms with Gasteiger partial charge in [-0.05, 0) is 69.7 Å². The number of nitrogens with zero attached hydrogens (tertiary/aromatic N) is 4. The summed E-state index contributed by atoms with van der Waals surface area (Å²) in [5, 5.41) is 0. The van der Waals surface area contributed by atoms with Crippen LogP contribution in [-0.2, 0) is 16.7 Å². The van der Waals surface area contributed by atoms with Crippen molar-refractivity contribution in [1.82, 2.24) is 19.7 Å². The van der Waals surface area contributed by atoms with Crippen molar-refractivity contribution < 1.29 is 18.7 Å².